The van der Waals surface area contributed by atoms with Crippen LogP contribution in [-0.2, 0) is 12.8 Å². The van der Waals surface area contributed by atoms with Crippen molar-refractivity contribution in [2.24, 2.45) is 0 Å². The van der Waals surface area contributed by atoms with Gasteiger partial charge in [-0.25, -0.2) is 4.39 Å². The summed E-state index contributed by atoms with van der Waals surface area (Å²) in [5.74, 6) is 0.465. The number of methoxy groups -OCH3 is 1. The molecular formula is C21H28F2O3. The summed E-state index contributed by atoms with van der Waals surface area (Å²) in [5.41, 5.74) is 1.93. The van der Waals surface area contributed by atoms with Gasteiger partial charge in [0.1, 0.15) is 0 Å². The van der Waals surface area contributed by atoms with E-state index in [1.165, 1.54) is 13.2 Å². The van der Waals surface area contributed by atoms with Gasteiger partial charge in [-0.15, -0.1) is 0 Å². The van der Waals surface area contributed by atoms with Gasteiger partial charge in [-0.05, 0) is 48.9 Å². The van der Waals surface area contributed by atoms with Crippen LogP contribution in [0.25, 0.3) is 0 Å². The number of halogens is 2. The van der Waals surface area contributed by atoms with E-state index >= 15 is 0 Å². The average molecular weight is 366 g/mol. The van der Waals surface area contributed by atoms with Gasteiger partial charge in [-0.3, -0.25) is 0 Å². The highest BCUT2D eigenvalue weighted by molar-refractivity contribution is 5.43. The first-order valence-corrected chi connectivity index (χ1v) is 8.09. The number of hydrogen-bond donors (Lipinski definition) is 0. The maximum absolute atomic E-state index is 13.5. The third kappa shape index (κ3) is 4.65. The van der Waals surface area contributed by atoms with Crippen molar-refractivity contribution in [1.82, 2.24) is 0 Å². The van der Waals surface area contributed by atoms with E-state index in [0.717, 1.165) is 36.8 Å². The molecule has 0 N–H and O–H groups in total. The molecule has 0 spiro atoms. The van der Waals surface area contributed by atoms with Gasteiger partial charge in [0.05, 0.1) is 20.3 Å². The molecule has 0 amide bonds. The summed E-state index contributed by atoms with van der Waals surface area (Å²) >= 11 is 0. The van der Waals surface area contributed by atoms with Crippen LogP contribution in [0.5, 0.6) is 17.2 Å². The molecule has 2 aliphatic heterocycles. The topological polar surface area (TPSA) is 27.7 Å². The first-order chi connectivity index (χ1) is 11.7. The largest absolute Gasteiger partial charge is 0.494 e. The molecule has 3 nitrogen and oxygen atoms in total. The van der Waals surface area contributed by atoms with Gasteiger partial charge in [0.2, 0.25) is 5.82 Å². The molecule has 4 rings (SSSR count). The Morgan fingerprint density at radius 1 is 0.846 bits per heavy atom. The van der Waals surface area contributed by atoms with Crippen LogP contribution in [0.2, 0.25) is 0 Å². The van der Waals surface area contributed by atoms with E-state index in [1.807, 2.05) is 12.1 Å². The maximum atomic E-state index is 13.5. The normalized spacial score (nSPS) is 13.8. The molecule has 0 aromatic heterocycles. The van der Waals surface area contributed by atoms with E-state index in [1.54, 1.807) is 12.1 Å². The van der Waals surface area contributed by atoms with Crippen LogP contribution in [-0.4, -0.2) is 20.3 Å². The van der Waals surface area contributed by atoms with Gasteiger partial charge in [0.15, 0.2) is 23.1 Å². The average Bonchev–Trinajstić information content (AvgIpc) is 2.63. The zero-order chi connectivity index (χ0) is 16.9. The highest BCUT2D eigenvalue weighted by Crippen LogP contribution is 2.33. The van der Waals surface area contributed by atoms with Crippen molar-refractivity contribution in [2.75, 3.05) is 20.3 Å². The fourth-order valence-electron chi connectivity index (χ4n) is 2.87. The number of benzene rings is 2. The van der Waals surface area contributed by atoms with E-state index in [4.69, 9.17) is 14.2 Å². The van der Waals surface area contributed by atoms with E-state index in [2.05, 4.69) is 0 Å². The lowest BCUT2D eigenvalue weighted by Gasteiger charge is -2.18. The molecule has 0 unspecified atom stereocenters. The highest BCUT2D eigenvalue weighted by atomic mass is 19.1. The van der Waals surface area contributed by atoms with Crippen LogP contribution in [0.4, 0.5) is 8.78 Å². The molecule has 0 atom stereocenters. The molecule has 2 aromatic rings. The summed E-state index contributed by atoms with van der Waals surface area (Å²) in [6.45, 7) is 1.24. The minimum Gasteiger partial charge on any atom is -0.494 e. The van der Waals surface area contributed by atoms with Crippen molar-refractivity contribution in [3.05, 3.63) is 53.1 Å². The van der Waals surface area contributed by atoms with Crippen LogP contribution >= 0.6 is 0 Å². The Labute approximate surface area is 154 Å². The smallest absolute Gasteiger partial charge is 0.207 e. The van der Waals surface area contributed by atoms with E-state index in [9.17, 15) is 8.78 Å². The molecule has 2 aromatic carbocycles. The minimum atomic E-state index is -0.375. The van der Waals surface area contributed by atoms with E-state index in [0.29, 0.717) is 24.7 Å². The van der Waals surface area contributed by atoms with Crippen molar-refractivity contribution in [2.45, 2.75) is 40.5 Å². The van der Waals surface area contributed by atoms with Crippen molar-refractivity contribution >= 4 is 0 Å². The van der Waals surface area contributed by atoms with Gasteiger partial charge in [0.25, 0.3) is 0 Å². The number of fused-ring (bicyclic) bond motifs is 2. The Hall–Kier alpha value is -2.30. The lowest BCUT2D eigenvalue weighted by molar-refractivity contribution is 0.266. The minimum absolute atomic E-state index is 0. The first-order valence-electron chi connectivity index (χ1n) is 8.09. The highest BCUT2D eigenvalue weighted by Gasteiger charge is 2.18. The van der Waals surface area contributed by atoms with Gasteiger partial charge in [-0.2, -0.15) is 4.39 Å². The van der Waals surface area contributed by atoms with Crippen LogP contribution < -0.4 is 14.2 Å². The molecule has 0 saturated heterocycles. The quantitative estimate of drug-likeness (QED) is 0.659. The Morgan fingerprint density at radius 2 is 1.46 bits per heavy atom. The third-order valence-corrected chi connectivity index (χ3v) is 4.09. The summed E-state index contributed by atoms with van der Waals surface area (Å²) in [4.78, 5) is 0. The molecule has 0 bridgehead atoms. The number of rotatable bonds is 1. The Kier molecular flexibility index (Phi) is 8.36. The Bertz CT molecular complexity index is 717. The summed E-state index contributed by atoms with van der Waals surface area (Å²) in [5, 5.41) is 0. The molecule has 2 heterocycles. The molecule has 0 fully saturated rings. The van der Waals surface area contributed by atoms with E-state index in [-0.39, 0.29) is 32.2 Å². The molecule has 0 saturated carbocycles. The Balaban J connectivity index is 0.000000244. The number of para-hydroxylation sites is 1. The van der Waals surface area contributed by atoms with Gasteiger partial charge < -0.3 is 14.2 Å². The molecular weight excluding hydrogens is 338 g/mol. The van der Waals surface area contributed by atoms with Gasteiger partial charge in [0, 0.05) is 0 Å². The second-order valence-corrected chi connectivity index (χ2v) is 5.70. The summed E-state index contributed by atoms with van der Waals surface area (Å²) < 4.78 is 41.7. The van der Waals surface area contributed by atoms with Crippen LogP contribution in [0, 0.1) is 11.6 Å². The fourth-order valence-corrected chi connectivity index (χ4v) is 2.87. The summed E-state index contributed by atoms with van der Waals surface area (Å²) in [6, 6.07) is 8.57. The lowest BCUT2D eigenvalue weighted by Crippen LogP contribution is -2.10. The van der Waals surface area contributed by atoms with Gasteiger partial charge >= 0.3 is 0 Å². The van der Waals surface area contributed by atoms with Crippen molar-refractivity contribution in [1.29, 1.82) is 0 Å². The van der Waals surface area contributed by atoms with E-state index < -0.39 is 0 Å². The molecule has 5 heteroatoms. The number of hydrogen-bond acceptors (Lipinski definition) is 3. The summed E-state index contributed by atoms with van der Waals surface area (Å²) in [7, 11) is 1.45. The number of aryl methyl sites for hydroxylation is 2. The summed E-state index contributed by atoms with van der Waals surface area (Å²) in [6.07, 6.45) is 3.78. The standard InChI is InChI=1S/C10H11FO2.C9H9FO.2CH4/c1-12-8-5-4-7-3-2-6-13-10(7)9(8)11;10-8-5-1-3-7-4-2-6-11-9(7)8;;/h4-5H,2-3,6H2,1H3;1,3,5H,2,4,6H2;2*1H4. The fraction of sp³-hybridized carbons (Fsp3) is 0.429. The predicted molar refractivity (Wildman–Crippen MR) is 100 cm³/mol. The van der Waals surface area contributed by atoms with Gasteiger partial charge in [-0.1, -0.05) is 33.1 Å². The van der Waals surface area contributed by atoms with Crippen LogP contribution in [0.3, 0.4) is 0 Å². The van der Waals surface area contributed by atoms with Crippen LogP contribution in [0.15, 0.2) is 30.3 Å². The lowest BCUT2D eigenvalue weighted by atomic mass is 10.1. The molecule has 0 radical (unpaired) electrons. The van der Waals surface area contributed by atoms with Crippen molar-refractivity contribution < 1.29 is 23.0 Å². The number of ether oxygens (including phenoxy) is 3. The zero-order valence-corrected chi connectivity index (χ0v) is 13.6. The predicted octanol–water partition coefficient (Wildman–Crippen LogP) is 5.58. The van der Waals surface area contributed by atoms with Crippen molar-refractivity contribution in [3.8, 4) is 17.2 Å². The Morgan fingerprint density at radius 3 is 2.08 bits per heavy atom. The molecule has 0 aliphatic carbocycles. The maximum Gasteiger partial charge on any atom is 0.207 e. The second-order valence-electron chi connectivity index (χ2n) is 5.70. The molecule has 144 valence electrons. The molecule has 26 heavy (non-hydrogen) atoms. The SMILES string of the molecule is C.C.COc1ccc2c(c1F)OCCC2.Fc1cccc2c1OCCC2. The zero-order valence-electron chi connectivity index (χ0n) is 13.6. The third-order valence-electron chi connectivity index (χ3n) is 4.09. The van der Waals surface area contributed by atoms with Crippen LogP contribution in [0.1, 0.15) is 38.8 Å². The molecule has 2 aliphatic rings. The van der Waals surface area contributed by atoms with Crippen molar-refractivity contribution in [3.63, 3.8) is 0 Å². The monoisotopic (exact) mass is 366 g/mol. The second kappa shape index (κ2) is 10.00. The first kappa shape index (κ1) is 21.7.